The Labute approximate surface area is 96.0 Å². The minimum absolute atomic E-state index is 0.807. The van der Waals surface area contributed by atoms with Crippen LogP contribution in [-0.4, -0.2) is 35.3 Å². The highest BCUT2D eigenvalue weighted by atomic mass is 28.5. The van der Waals surface area contributed by atoms with Gasteiger partial charge in [0.05, 0.1) is 0 Å². The van der Waals surface area contributed by atoms with Crippen LogP contribution in [0.15, 0.2) is 0 Å². The molecule has 0 aliphatic heterocycles. The van der Waals surface area contributed by atoms with Gasteiger partial charge < -0.3 is 17.8 Å². The second-order valence-electron chi connectivity index (χ2n) is 4.98. The third-order valence-electron chi connectivity index (χ3n) is 1.64. The summed E-state index contributed by atoms with van der Waals surface area (Å²) in [5.41, 5.74) is 0. The third-order valence-corrected chi connectivity index (χ3v) is 10.5. The van der Waals surface area contributed by atoms with Gasteiger partial charge in [-0.3, -0.25) is 0 Å². The molecular formula is C8H24O4Si3. The third kappa shape index (κ3) is 8.31. The van der Waals surface area contributed by atoms with Gasteiger partial charge in [-0.25, -0.2) is 0 Å². The Balaban J connectivity index is 4.59. The van der Waals surface area contributed by atoms with Gasteiger partial charge in [0.25, 0.3) is 0 Å². The predicted molar refractivity (Wildman–Crippen MR) is 68.3 cm³/mol. The summed E-state index contributed by atoms with van der Waals surface area (Å²) >= 11 is 0. The first-order valence-corrected chi connectivity index (χ1v) is 13.6. The van der Waals surface area contributed by atoms with Crippen molar-refractivity contribution in [3.05, 3.63) is 0 Å². The van der Waals surface area contributed by atoms with Crippen molar-refractivity contribution < 1.29 is 17.8 Å². The Kier molecular flexibility index (Phi) is 5.38. The summed E-state index contributed by atoms with van der Waals surface area (Å²) < 4.78 is 11.5. The van der Waals surface area contributed by atoms with Crippen molar-refractivity contribution in [1.29, 1.82) is 0 Å². The van der Waals surface area contributed by atoms with Crippen molar-refractivity contribution in [2.24, 2.45) is 0 Å². The van der Waals surface area contributed by atoms with Crippen molar-refractivity contribution in [3.63, 3.8) is 0 Å². The zero-order chi connectivity index (χ0) is 12.3. The Bertz CT molecular complexity index is 181. The summed E-state index contributed by atoms with van der Waals surface area (Å²) in [6.45, 7) is 10.9. The van der Waals surface area contributed by atoms with E-state index in [9.17, 15) is 9.59 Å². The van der Waals surface area contributed by atoms with Crippen molar-refractivity contribution in [2.45, 2.75) is 52.1 Å². The molecule has 0 aromatic heterocycles. The monoisotopic (exact) mass is 268 g/mol. The van der Waals surface area contributed by atoms with Gasteiger partial charge in [0.1, 0.15) is 0 Å². The summed E-state index contributed by atoms with van der Waals surface area (Å²) in [5.74, 6) is 0. The summed E-state index contributed by atoms with van der Waals surface area (Å²) in [6.07, 6.45) is 0.942. The molecule has 0 bridgehead atoms. The Morgan fingerprint density at radius 2 is 1.20 bits per heavy atom. The Morgan fingerprint density at radius 1 is 0.867 bits per heavy atom. The molecular weight excluding hydrogens is 244 g/mol. The van der Waals surface area contributed by atoms with E-state index >= 15 is 0 Å². The van der Waals surface area contributed by atoms with E-state index in [2.05, 4.69) is 6.92 Å². The van der Waals surface area contributed by atoms with E-state index in [0.29, 0.717) is 0 Å². The lowest BCUT2D eigenvalue weighted by molar-refractivity contribution is 0.287. The summed E-state index contributed by atoms with van der Waals surface area (Å²) in [6, 6.07) is 0.807. The van der Waals surface area contributed by atoms with Crippen LogP contribution in [0.1, 0.15) is 13.3 Å². The molecule has 0 heterocycles. The molecule has 0 fully saturated rings. The second-order valence-corrected chi connectivity index (χ2v) is 15.2. The molecule has 0 aliphatic rings. The quantitative estimate of drug-likeness (QED) is 0.722. The minimum Gasteiger partial charge on any atom is -0.415 e. The number of rotatable bonds is 6. The van der Waals surface area contributed by atoms with Gasteiger partial charge in [-0.2, -0.15) is 0 Å². The molecule has 0 saturated heterocycles. The van der Waals surface area contributed by atoms with E-state index in [1.807, 2.05) is 6.55 Å². The van der Waals surface area contributed by atoms with Crippen LogP contribution in [-0.2, 0) is 8.23 Å². The summed E-state index contributed by atoms with van der Waals surface area (Å²) in [5, 5.41) is 0. The molecule has 0 aliphatic carbocycles. The highest BCUT2D eigenvalue weighted by Gasteiger charge is 2.42. The van der Waals surface area contributed by atoms with Crippen LogP contribution in [0.5, 0.6) is 0 Å². The van der Waals surface area contributed by atoms with Crippen molar-refractivity contribution >= 4 is 25.7 Å². The van der Waals surface area contributed by atoms with E-state index in [1.165, 1.54) is 0 Å². The zero-order valence-electron chi connectivity index (χ0n) is 10.6. The normalized spacial score (nSPS) is 14.4. The van der Waals surface area contributed by atoms with Crippen molar-refractivity contribution in [1.82, 2.24) is 0 Å². The first-order valence-electron chi connectivity index (χ1n) is 5.32. The molecule has 15 heavy (non-hydrogen) atoms. The lowest BCUT2D eigenvalue weighted by atomic mass is 10.6. The SMILES string of the molecule is CCC[Si](C)(O[Si](C)(C)O)O[Si](C)(C)O. The van der Waals surface area contributed by atoms with Gasteiger partial charge in [0.2, 0.25) is 0 Å². The molecule has 0 unspecified atom stereocenters. The smallest absolute Gasteiger partial charge is 0.320 e. The van der Waals surface area contributed by atoms with Crippen LogP contribution in [0.3, 0.4) is 0 Å². The van der Waals surface area contributed by atoms with E-state index in [0.717, 1.165) is 12.5 Å². The molecule has 2 N–H and O–H groups in total. The molecule has 0 aromatic rings. The fourth-order valence-corrected chi connectivity index (χ4v) is 12.4. The second kappa shape index (κ2) is 5.21. The van der Waals surface area contributed by atoms with Crippen LogP contribution in [0.2, 0.25) is 38.8 Å². The van der Waals surface area contributed by atoms with Crippen LogP contribution < -0.4 is 0 Å². The lowest BCUT2D eigenvalue weighted by Crippen LogP contribution is -2.54. The zero-order valence-corrected chi connectivity index (χ0v) is 13.6. The Morgan fingerprint density at radius 3 is 1.40 bits per heavy atom. The lowest BCUT2D eigenvalue weighted by Gasteiger charge is -2.36. The molecule has 0 amide bonds. The first-order chi connectivity index (χ1) is 6.47. The van der Waals surface area contributed by atoms with Crippen LogP contribution >= 0.6 is 0 Å². The maximum atomic E-state index is 9.78. The average molecular weight is 269 g/mol. The topological polar surface area (TPSA) is 58.9 Å². The van der Waals surface area contributed by atoms with E-state index < -0.39 is 25.7 Å². The molecule has 0 rings (SSSR count). The summed E-state index contributed by atoms with van der Waals surface area (Å²) in [7, 11) is -7.56. The fourth-order valence-electron chi connectivity index (χ4n) is 1.63. The van der Waals surface area contributed by atoms with Gasteiger partial charge in [-0.1, -0.05) is 13.3 Å². The molecule has 7 heteroatoms. The molecule has 0 atom stereocenters. The Hall–Kier alpha value is 0.491. The van der Waals surface area contributed by atoms with Gasteiger partial charge in [-0.05, 0) is 38.8 Å². The molecule has 92 valence electrons. The van der Waals surface area contributed by atoms with Gasteiger partial charge >= 0.3 is 25.7 Å². The number of hydrogen-bond donors (Lipinski definition) is 2. The molecule has 0 spiro atoms. The van der Waals surface area contributed by atoms with Crippen LogP contribution in [0, 0.1) is 0 Å². The highest BCUT2D eigenvalue weighted by molar-refractivity contribution is 6.84. The maximum absolute atomic E-state index is 9.78. The largest absolute Gasteiger partial charge is 0.415 e. The van der Waals surface area contributed by atoms with Gasteiger partial charge in [0, 0.05) is 0 Å². The van der Waals surface area contributed by atoms with Gasteiger partial charge in [0.15, 0.2) is 0 Å². The fraction of sp³-hybridized carbons (Fsp3) is 1.00. The maximum Gasteiger partial charge on any atom is 0.320 e. The average Bonchev–Trinajstić information content (AvgIpc) is 1.74. The van der Waals surface area contributed by atoms with Crippen LogP contribution in [0.4, 0.5) is 0 Å². The minimum atomic E-state index is -2.58. The van der Waals surface area contributed by atoms with E-state index in [4.69, 9.17) is 8.23 Å². The van der Waals surface area contributed by atoms with Crippen molar-refractivity contribution in [2.75, 3.05) is 0 Å². The molecule has 0 saturated carbocycles. The van der Waals surface area contributed by atoms with E-state index in [-0.39, 0.29) is 0 Å². The number of hydrogen-bond acceptors (Lipinski definition) is 4. The molecule has 4 nitrogen and oxygen atoms in total. The predicted octanol–water partition coefficient (Wildman–Crippen LogP) is 1.89. The molecule has 0 aromatic carbocycles. The standard InChI is InChI=1S/C8H24O4Si3/c1-7-8-15(6,11-13(2,3)9)12-14(4,5)10/h9-10H,7-8H2,1-6H3. The summed E-state index contributed by atoms with van der Waals surface area (Å²) in [4.78, 5) is 19.6. The van der Waals surface area contributed by atoms with E-state index in [1.54, 1.807) is 26.2 Å². The van der Waals surface area contributed by atoms with Crippen molar-refractivity contribution in [3.8, 4) is 0 Å². The van der Waals surface area contributed by atoms with Crippen LogP contribution in [0.25, 0.3) is 0 Å². The molecule has 0 radical (unpaired) electrons. The van der Waals surface area contributed by atoms with Gasteiger partial charge in [-0.15, -0.1) is 0 Å². The highest BCUT2D eigenvalue weighted by Crippen LogP contribution is 2.23. The first kappa shape index (κ1) is 15.5.